The van der Waals surface area contributed by atoms with Gasteiger partial charge >= 0.3 is 0 Å². The lowest BCUT2D eigenvalue weighted by molar-refractivity contribution is 0.464. The second-order valence-corrected chi connectivity index (χ2v) is 4.28. The van der Waals surface area contributed by atoms with E-state index in [0.717, 1.165) is 24.8 Å². The van der Waals surface area contributed by atoms with Crippen LogP contribution in [-0.4, -0.2) is 6.04 Å². The third-order valence-electron chi connectivity index (χ3n) is 3.16. The number of hydrogen-bond acceptors (Lipinski definition) is 2. The first-order valence-corrected chi connectivity index (χ1v) is 5.67. The second-order valence-electron chi connectivity index (χ2n) is 4.28. The normalized spacial score (nSPS) is 24.2. The van der Waals surface area contributed by atoms with Crippen molar-refractivity contribution in [3.63, 3.8) is 0 Å². The van der Waals surface area contributed by atoms with Gasteiger partial charge in [-0.25, -0.2) is 4.39 Å². The van der Waals surface area contributed by atoms with Crippen LogP contribution < -0.4 is 5.32 Å². The zero-order valence-electron chi connectivity index (χ0n) is 9.12. The van der Waals surface area contributed by atoms with Gasteiger partial charge in [-0.15, -0.1) is 0 Å². The van der Waals surface area contributed by atoms with Crippen LogP contribution in [0.15, 0.2) is 24.3 Å². The van der Waals surface area contributed by atoms with Crippen molar-refractivity contribution in [3.8, 4) is 6.07 Å². The van der Waals surface area contributed by atoms with Gasteiger partial charge in [-0.2, -0.15) is 5.26 Å². The molecule has 84 valence electrons. The Bertz CT molecular complexity index is 380. The molecule has 2 nitrogen and oxygen atoms in total. The molecule has 0 radical (unpaired) electrons. The molecule has 0 amide bonds. The molecule has 1 fully saturated rings. The highest BCUT2D eigenvalue weighted by Crippen LogP contribution is 2.25. The molecule has 1 aliphatic carbocycles. The molecule has 16 heavy (non-hydrogen) atoms. The van der Waals surface area contributed by atoms with E-state index in [0.29, 0.717) is 12.6 Å². The quantitative estimate of drug-likeness (QED) is 0.846. The topological polar surface area (TPSA) is 35.8 Å². The fraction of sp³-hybridized carbons (Fsp3) is 0.462. The molecule has 0 spiro atoms. The summed E-state index contributed by atoms with van der Waals surface area (Å²) >= 11 is 0. The molecule has 1 N–H and O–H groups in total. The van der Waals surface area contributed by atoms with Gasteiger partial charge in [0, 0.05) is 12.6 Å². The Morgan fingerprint density at radius 2 is 2.06 bits per heavy atom. The number of nitrogens with one attached hydrogen (secondary N) is 1. The summed E-state index contributed by atoms with van der Waals surface area (Å²) < 4.78 is 12.7. The Morgan fingerprint density at radius 1 is 1.31 bits per heavy atom. The molecule has 2 atom stereocenters. The zero-order chi connectivity index (χ0) is 11.4. The van der Waals surface area contributed by atoms with Crippen LogP contribution in [0.1, 0.15) is 24.8 Å². The Hall–Kier alpha value is -1.40. The average molecular weight is 218 g/mol. The molecular weight excluding hydrogens is 203 g/mol. The van der Waals surface area contributed by atoms with Crippen LogP contribution in [0.4, 0.5) is 4.39 Å². The van der Waals surface area contributed by atoms with E-state index in [1.807, 2.05) is 0 Å². The van der Waals surface area contributed by atoms with E-state index in [1.54, 1.807) is 12.1 Å². The average Bonchev–Trinajstić information content (AvgIpc) is 2.76. The summed E-state index contributed by atoms with van der Waals surface area (Å²) in [6, 6.07) is 9.12. The van der Waals surface area contributed by atoms with Crippen molar-refractivity contribution in [1.82, 2.24) is 5.32 Å². The number of benzene rings is 1. The van der Waals surface area contributed by atoms with Crippen LogP contribution >= 0.6 is 0 Å². The summed E-state index contributed by atoms with van der Waals surface area (Å²) in [7, 11) is 0. The van der Waals surface area contributed by atoms with Gasteiger partial charge < -0.3 is 5.32 Å². The number of nitrogens with zero attached hydrogens (tertiary/aromatic N) is 1. The van der Waals surface area contributed by atoms with Crippen molar-refractivity contribution in [2.24, 2.45) is 5.92 Å². The number of halogens is 1. The van der Waals surface area contributed by atoms with Crippen molar-refractivity contribution in [3.05, 3.63) is 35.6 Å². The van der Waals surface area contributed by atoms with E-state index in [-0.39, 0.29) is 11.7 Å². The standard InChI is InChI=1S/C13H15FN2/c14-12-6-4-10(5-7-12)9-16-13-3-1-2-11(13)8-15/h4-7,11,13,16H,1-3,9H2. The predicted molar refractivity (Wildman–Crippen MR) is 60.0 cm³/mol. The Morgan fingerprint density at radius 3 is 2.75 bits per heavy atom. The first-order valence-electron chi connectivity index (χ1n) is 5.67. The molecule has 1 aromatic carbocycles. The van der Waals surface area contributed by atoms with Gasteiger partial charge in [-0.3, -0.25) is 0 Å². The fourth-order valence-corrected chi connectivity index (χ4v) is 2.21. The lowest BCUT2D eigenvalue weighted by Crippen LogP contribution is -2.31. The highest BCUT2D eigenvalue weighted by molar-refractivity contribution is 5.16. The van der Waals surface area contributed by atoms with Crippen molar-refractivity contribution in [1.29, 1.82) is 5.26 Å². The van der Waals surface area contributed by atoms with Gasteiger partial charge in [0.1, 0.15) is 5.82 Å². The van der Waals surface area contributed by atoms with Crippen LogP contribution in [0.5, 0.6) is 0 Å². The Labute approximate surface area is 95.1 Å². The maximum absolute atomic E-state index is 12.7. The SMILES string of the molecule is N#CC1CCCC1NCc1ccc(F)cc1. The van der Waals surface area contributed by atoms with Crippen LogP contribution in [0.25, 0.3) is 0 Å². The Balaban J connectivity index is 1.88. The fourth-order valence-electron chi connectivity index (χ4n) is 2.21. The molecule has 0 saturated heterocycles. The summed E-state index contributed by atoms with van der Waals surface area (Å²) in [5.74, 6) is -0.0695. The first-order chi connectivity index (χ1) is 7.79. The molecular formula is C13H15FN2. The lowest BCUT2D eigenvalue weighted by atomic mass is 10.1. The smallest absolute Gasteiger partial charge is 0.123 e. The summed E-state index contributed by atoms with van der Waals surface area (Å²) in [4.78, 5) is 0. The molecule has 1 aliphatic rings. The predicted octanol–water partition coefficient (Wildman–Crippen LogP) is 2.61. The van der Waals surface area contributed by atoms with E-state index >= 15 is 0 Å². The van der Waals surface area contributed by atoms with Gasteiger partial charge in [0.15, 0.2) is 0 Å². The summed E-state index contributed by atoms with van der Waals surface area (Å²) in [6.45, 7) is 0.711. The van der Waals surface area contributed by atoms with Gasteiger partial charge in [0.05, 0.1) is 12.0 Å². The van der Waals surface area contributed by atoms with E-state index in [2.05, 4.69) is 11.4 Å². The molecule has 3 heteroatoms. The molecule has 1 saturated carbocycles. The monoisotopic (exact) mass is 218 g/mol. The maximum Gasteiger partial charge on any atom is 0.123 e. The van der Waals surface area contributed by atoms with Crippen LogP contribution in [0.3, 0.4) is 0 Å². The van der Waals surface area contributed by atoms with Crippen LogP contribution in [-0.2, 0) is 6.54 Å². The first kappa shape index (κ1) is 11.1. The summed E-state index contributed by atoms with van der Waals surface area (Å²) in [6.07, 6.45) is 3.19. The highest BCUT2D eigenvalue weighted by atomic mass is 19.1. The third-order valence-corrected chi connectivity index (χ3v) is 3.16. The molecule has 0 aliphatic heterocycles. The molecule has 0 heterocycles. The Kier molecular flexibility index (Phi) is 3.53. The lowest BCUT2D eigenvalue weighted by Gasteiger charge is -2.15. The van der Waals surface area contributed by atoms with Crippen molar-refractivity contribution < 1.29 is 4.39 Å². The number of rotatable bonds is 3. The van der Waals surface area contributed by atoms with Crippen LogP contribution in [0.2, 0.25) is 0 Å². The molecule has 2 rings (SSSR count). The number of nitriles is 1. The molecule has 2 unspecified atom stereocenters. The molecule has 0 aromatic heterocycles. The van der Waals surface area contributed by atoms with E-state index < -0.39 is 0 Å². The third kappa shape index (κ3) is 2.59. The van der Waals surface area contributed by atoms with Crippen molar-refractivity contribution in [2.75, 3.05) is 0 Å². The minimum atomic E-state index is -0.209. The van der Waals surface area contributed by atoms with Gasteiger partial charge in [-0.05, 0) is 30.5 Å². The summed E-state index contributed by atoms with van der Waals surface area (Å²) in [5, 5.41) is 12.3. The van der Waals surface area contributed by atoms with Crippen LogP contribution in [0, 0.1) is 23.1 Å². The van der Waals surface area contributed by atoms with E-state index in [4.69, 9.17) is 5.26 Å². The minimum absolute atomic E-state index is 0.139. The maximum atomic E-state index is 12.7. The minimum Gasteiger partial charge on any atom is -0.309 e. The largest absolute Gasteiger partial charge is 0.309 e. The van der Waals surface area contributed by atoms with E-state index in [1.165, 1.54) is 12.1 Å². The highest BCUT2D eigenvalue weighted by Gasteiger charge is 2.26. The van der Waals surface area contributed by atoms with Gasteiger partial charge in [0.2, 0.25) is 0 Å². The molecule has 0 bridgehead atoms. The van der Waals surface area contributed by atoms with Gasteiger partial charge in [0.25, 0.3) is 0 Å². The van der Waals surface area contributed by atoms with Crippen molar-refractivity contribution >= 4 is 0 Å². The van der Waals surface area contributed by atoms with E-state index in [9.17, 15) is 4.39 Å². The summed E-state index contributed by atoms with van der Waals surface area (Å²) in [5.41, 5.74) is 1.06. The molecule has 1 aromatic rings. The van der Waals surface area contributed by atoms with Crippen molar-refractivity contribution in [2.45, 2.75) is 31.8 Å². The number of hydrogen-bond donors (Lipinski definition) is 1. The zero-order valence-corrected chi connectivity index (χ0v) is 9.12. The van der Waals surface area contributed by atoms with Gasteiger partial charge in [-0.1, -0.05) is 18.6 Å². The second kappa shape index (κ2) is 5.09.